The van der Waals surface area contributed by atoms with Crippen LogP contribution in [0.5, 0.6) is 0 Å². The van der Waals surface area contributed by atoms with Crippen molar-refractivity contribution in [1.82, 2.24) is 15.5 Å². The monoisotopic (exact) mass is 267 g/mol. The summed E-state index contributed by atoms with van der Waals surface area (Å²) in [5.74, 6) is 0. The largest absolute Gasteiger partial charge is 0.317 e. The first-order valence-corrected chi connectivity index (χ1v) is 7.62. The Morgan fingerprint density at radius 1 is 1.29 bits per heavy atom. The highest BCUT2D eigenvalue weighted by Gasteiger charge is 2.05. The average molecular weight is 267 g/mol. The molecular formula is C12H17N3S2. The molecule has 0 aliphatic rings. The van der Waals surface area contributed by atoms with Crippen molar-refractivity contribution in [3.8, 4) is 0 Å². The number of aromatic nitrogens is 2. The average Bonchev–Trinajstić information content (AvgIpc) is 2.97. The van der Waals surface area contributed by atoms with Crippen LogP contribution in [-0.4, -0.2) is 23.3 Å². The lowest BCUT2D eigenvalue weighted by Gasteiger charge is -1.97. The molecule has 0 saturated heterocycles. The highest BCUT2D eigenvalue weighted by Crippen LogP contribution is 2.18. The van der Waals surface area contributed by atoms with Gasteiger partial charge in [0.05, 0.1) is 0 Å². The fourth-order valence-corrected chi connectivity index (χ4v) is 3.27. The Bertz CT molecular complexity index is 423. The third-order valence-corrected chi connectivity index (χ3v) is 4.27. The topological polar surface area (TPSA) is 37.8 Å². The molecule has 3 nitrogen and oxygen atoms in total. The minimum atomic E-state index is 0.933. The van der Waals surface area contributed by atoms with Crippen LogP contribution in [0.25, 0.3) is 0 Å². The van der Waals surface area contributed by atoms with Crippen LogP contribution in [0.3, 0.4) is 0 Å². The highest BCUT2D eigenvalue weighted by atomic mass is 32.1. The molecule has 0 bridgehead atoms. The Morgan fingerprint density at radius 2 is 2.18 bits per heavy atom. The second kappa shape index (κ2) is 6.83. The number of rotatable bonds is 7. The van der Waals surface area contributed by atoms with Crippen molar-refractivity contribution in [2.24, 2.45) is 0 Å². The summed E-state index contributed by atoms with van der Waals surface area (Å²) >= 11 is 3.53. The zero-order valence-electron chi connectivity index (χ0n) is 9.98. The summed E-state index contributed by atoms with van der Waals surface area (Å²) in [6.45, 7) is 4.24. The van der Waals surface area contributed by atoms with Crippen LogP contribution in [0, 0.1) is 0 Å². The molecule has 1 N–H and O–H groups in total. The second-order valence-corrected chi connectivity index (χ2v) is 5.98. The predicted molar refractivity (Wildman–Crippen MR) is 73.9 cm³/mol. The quantitative estimate of drug-likeness (QED) is 0.784. The lowest BCUT2D eigenvalue weighted by Crippen LogP contribution is -2.14. The van der Waals surface area contributed by atoms with Crippen molar-refractivity contribution in [3.05, 3.63) is 32.4 Å². The number of hydrogen-bond donors (Lipinski definition) is 1. The highest BCUT2D eigenvalue weighted by molar-refractivity contribution is 7.12. The van der Waals surface area contributed by atoms with Crippen molar-refractivity contribution >= 4 is 22.7 Å². The number of thiophene rings is 1. The molecule has 0 fully saturated rings. The van der Waals surface area contributed by atoms with Gasteiger partial charge in [0.2, 0.25) is 0 Å². The Balaban J connectivity index is 1.79. The molecule has 0 radical (unpaired) electrons. The van der Waals surface area contributed by atoms with E-state index in [2.05, 4.69) is 40.0 Å². The zero-order valence-corrected chi connectivity index (χ0v) is 11.6. The molecule has 0 amide bonds. The number of nitrogens with one attached hydrogen (secondary N) is 1. The van der Waals surface area contributed by atoms with Crippen LogP contribution in [-0.2, 0) is 12.8 Å². The van der Waals surface area contributed by atoms with Gasteiger partial charge in [-0.3, -0.25) is 0 Å². The maximum Gasteiger partial charge on any atom is 0.122 e. The summed E-state index contributed by atoms with van der Waals surface area (Å²) in [6.07, 6.45) is 3.11. The third kappa shape index (κ3) is 4.18. The summed E-state index contributed by atoms with van der Waals surface area (Å²) in [4.78, 5) is 1.36. The van der Waals surface area contributed by atoms with Gasteiger partial charge < -0.3 is 5.32 Å². The molecule has 0 aliphatic carbocycles. The summed E-state index contributed by atoms with van der Waals surface area (Å²) in [6, 6.07) is 4.23. The van der Waals surface area contributed by atoms with Gasteiger partial charge in [0.1, 0.15) is 10.0 Å². The minimum Gasteiger partial charge on any atom is -0.317 e. The fraction of sp³-hybridized carbons (Fsp3) is 0.500. The molecule has 2 heterocycles. The molecule has 92 valence electrons. The van der Waals surface area contributed by atoms with E-state index in [9.17, 15) is 0 Å². The smallest absolute Gasteiger partial charge is 0.122 e. The van der Waals surface area contributed by atoms with Gasteiger partial charge in [-0.25, -0.2) is 0 Å². The van der Waals surface area contributed by atoms with Gasteiger partial charge >= 0.3 is 0 Å². The molecule has 2 aromatic heterocycles. The first-order valence-electron chi connectivity index (χ1n) is 5.93. The van der Waals surface area contributed by atoms with E-state index in [0.717, 1.165) is 42.4 Å². The van der Waals surface area contributed by atoms with Crippen molar-refractivity contribution in [2.75, 3.05) is 13.1 Å². The van der Waals surface area contributed by atoms with Crippen LogP contribution in [0.2, 0.25) is 0 Å². The maximum absolute atomic E-state index is 4.24. The predicted octanol–water partition coefficient (Wildman–Crippen LogP) is 2.73. The number of hydrogen-bond acceptors (Lipinski definition) is 5. The van der Waals surface area contributed by atoms with E-state index in [-0.39, 0.29) is 0 Å². The van der Waals surface area contributed by atoms with E-state index >= 15 is 0 Å². The molecule has 2 aromatic rings. The molecule has 0 aliphatic heterocycles. The van der Waals surface area contributed by atoms with E-state index in [1.165, 1.54) is 4.88 Å². The van der Waals surface area contributed by atoms with E-state index < -0.39 is 0 Å². The first-order chi connectivity index (χ1) is 8.38. The first kappa shape index (κ1) is 12.7. The molecule has 5 heteroatoms. The Kier molecular flexibility index (Phi) is 5.09. The molecule has 0 aromatic carbocycles. The van der Waals surface area contributed by atoms with Gasteiger partial charge in [0.25, 0.3) is 0 Å². The molecule has 0 saturated carbocycles. The lowest BCUT2D eigenvalue weighted by atomic mass is 10.3. The zero-order chi connectivity index (χ0) is 11.9. The summed E-state index contributed by atoms with van der Waals surface area (Å²) in [5.41, 5.74) is 0. The van der Waals surface area contributed by atoms with E-state index in [1.807, 2.05) is 0 Å². The lowest BCUT2D eigenvalue weighted by molar-refractivity contribution is 0.669. The van der Waals surface area contributed by atoms with Crippen molar-refractivity contribution in [2.45, 2.75) is 26.2 Å². The Labute approximate surface area is 110 Å². The summed E-state index contributed by atoms with van der Waals surface area (Å²) < 4.78 is 0. The van der Waals surface area contributed by atoms with Gasteiger partial charge in [-0.15, -0.1) is 32.9 Å². The van der Waals surface area contributed by atoms with E-state index in [1.54, 1.807) is 22.7 Å². The summed E-state index contributed by atoms with van der Waals surface area (Å²) in [5, 5.41) is 16.2. The molecule has 0 spiro atoms. The fourth-order valence-electron chi connectivity index (χ4n) is 1.56. The van der Waals surface area contributed by atoms with Gasteiger partial charge in [-0.1, -0.05) is 13.0 Å². The van der Waals surface area contributed by atoms with Crippen LogP contribution >= 0.6 is 22.7 Å². The Morgan fingerprint density at radius 3 is 2.94 bits per heavy atom. The van der Waals surface area contributed by atoms with Crippen LogP contribution in [0.15, 0.2) is 17.5 Å². The van der Waals surface area contributed by atoms with Crippen LogP contribution < -0.4 is 5.32 Å². The molecule has 0 atom stereocenters. The molecule has 2 rings (SSSR count). The SMILES string of the molecule is CCNCCCc1nnc(Cc2cccs2)s1. The van der Waals surface area contributed by atoms with Gasteiger partial charge in [0.15, 0.2) is 0 Å². The van der Waals surface area contributed by atoms with Gasteiger partial charge in [-0.2, -0.15) is 0 Å². The molecule has 0 unspecified atom stereocenters. The van der Waals surface area contributed by atoms with Gasteiger partial charge in [0, 0.05) is 17.7 Å². The Hall–Kier alpha value is -0.780. The van der Waals surface area contributed by atoms with Crippen LogP contribution in [0.1, 0.15) is 28.2 Å². The normalized spacial score (nSPS) is 10.9. The molecular weight excluding hydrogens is 250 g/mol. The standard InChI is InChI=1S/C12H17N3S2/c1-2-13-7-3-6-11-14-15-12(17-11)9-10-5-4-8-16-10/h4-5,8,13H,2-3,6-7,9H2,1H3. The van der Waals surface area contributed by atoms with Crippen molar-refractivity contribution < 1.29 is 0 Å². The van der Waals surface area contributed by atoms with Crippen molar-refractivity contribution in [3.63, 3.8) is 0 Å². The second-order valence-electron chi connectivity index (χ2n) is 3.80. The minimum absolute atomic E-state index is 0.933. The number of nitrogens with zero attached hydrogens (tertiary/aromatic N) is 2. The van der Waals surface area contributed by atoms with E-state index in [0.29, 0.717) is 0 Å². The van der Waals surface area contributed by atoms with E-state index in [4.69, 9.17) is 0 Å². The number of aryl methyl sites for hydroxylation is 1. The maximum atomic E-state index is 4.24. The molecule has 17 heavy (non-hydrogen) atoms. The third-order valence-electron chi connectivity index (χ3n) is 2.41. The summed E-state index contributed by atoms with van der Waals surface area (Å²) in [7, 11) is 0. The van der Waals surface area contributed by atoms with Crippen molar-refractivity contribution in [1.29, 1.82) is 0 Å². The van der Waals surface area contributed by atoms with Crippen LogP contribution in [0.4, 0.5) is 0 Å². The van der Waals surface area contributed by atoms with Gasteiger partial charge in [-0.05, 0) is 31.0 Å².